The van der Waals surface area contributed by atoms with Crippen molar-refractivity contribution < 1.29 is 0 Å². The lowest BCUT2D eigenvalue weighted by atomic mass is 10.1. The number of aromatic nitrogens is 3. The minimum atomic E-state index is 0.364. The number of nitrogens with one attached hydrogen (secondary N) is 1. The second kappa shape index (κ2) is 3.54. The summed E-state index contributed by atoms with van der Waals surface area (Å²) in [6.45, 7) is 2.02. The summed E-state index contributed by atoms with van der Waals surface area (Å²) in [5.41, 5.74) is 0.401. The number of rotatable bonds is 1. The Balaban J connectivity index is 2.11. The van der Waals surface area contributed by atoms with Gasteiger partial charge in [0.15, 0.2) is 5.69 Å². The Morgan fingerprint density at radius 3 is 2.92 bits per heavy atom. The summed E-state index contributed by atoms with van der Waals surface area (Å²) in [6.07, 6.45) is 3.60. The van der Waals surface area contributed by atoms with Crippen LogP contribution in [0.25, 0.3) is 0 Å². The molecule has 0 amide bonds. The van der Waals surface area contributed by atoms with Gasteiger partial charge in [-0.25, -0.2) is 0 Å². The van der Waals surface area contributed by atoms with E-state index in [-0.39, 0.29) is 0 Å². The van der Waals surface area contributed by atoms with Crippen molar-refractivity contribution in [2.45, 2.75) is 18.9 Å². The van der Waals surface area contributed by atoms with E-state index < -0.39 is 0 Å². The van der Waals surface area contributed by atoms with E-state index in [0.29, 0.717) is 11.7 Å². The van der Waals surface area contributed by atoms with Gasteiger partial charge in [0.25, 0.3) is 0 Å². The van der Waals surface area contributed by atoms with Gasteiger partial charge in [-0.3, -0.25) is 0 Å². The van der Waals surface area contributed by atoms with Crippen LogP contribution < -0.4 is 5.32 Å². The number of hydrogen-bond acceptors (Lipinski definition) is 4. The molecule has 5 heteroatoms. The molecule has 0 aliphatic carbocycles. The van der Waals surface area contributed by atoms with Crippen molar-refractivity contribution >= 4 is 0 Å². The molecule has 2 heterocycles. The molecule has 5 nitrogen and oxygen atoms in total. The Morgan fingerprint density at radius 1 is 1.54 bits per heavy atom. The Hall–Kier alpha value is -1.41. The summed E-state index contributed by atoms with van der Waals surface area (Å²) in [5, 5.41) is 20.0. The van der Waals surface area contributed by atoms with Gasteiger partial charge >= 0.3 is 0 Å². The fourth-order valence-electron chi connectivity index (χ4n) is 1.54. The zero-order valence-electron chi connectivity index (χ0n) is 7.27. The van der Waals surface area contributed by atoms with E-state index in [9.17, 15) is 0 Å². The molecule has 0 saturated carbocycles. The first-order chi connectivity index (χ1) is 6.40. The fourth-order valence-corrected chi connectivity index (χ4v) is 1.54. The van der Waals surface area contributed by atoms with Crippen molar-refractivity contribution in [2.75, 3.05) is 13.1 Å². The lowest BCUT2D eigenvalue weighted by molar-refractivity contribution is 0.313. The first-order valence-electron chi connectivity index (χ1n) is 4.43. The zero-order chi connectivity index (χ0) is 9.10. The van der Waals surface area contributed by atoms with Crippen LogP contribution in [0.5, 0.6) is 0 Å². The van der Waals surface area contributed by atoms with Gasteiger partial charge in [-0.2, -0.15) is 15.2 Å². The maximum Gasteiger partial charge on any atom is 0.182 e. The standard InChI is InChI=1S/C8H11N5/c9-5-7-6-11-13(12-7)8-1-3-10-4-2-8/h6,8,10H,1-4H2. The molecule has 1 fully saturated rings. The number of nitriles is 1. The minimum Gasteiger partial charge on any atom is -0.317 e. The van der Waals surface area contributed by atoms with E-state index in [1.54, 1.807) is 4.80 Å². The van der Waals surface area contributed by atoms with E-state index in [1.165, 1.54) is 6.20 Å². The Bertz CT molecular complexity index is 318. The normalized spacial score (nSPS) is 18.4. The molecule has 1 saturated heterocycles. The van der Waals surface area contributed by atoms with Crippen LogP contribution in [0.2, 0.25) is 0 Å². The van der Waals surface area contributed by atoms with Gasteiger partial charge in [-0.05, 0) is 25.9 Å². The van der Waals surface area contributed by atoms with Crippen molar-refractivity contribution in [1.82, 2.24) is 20.3 Å². The third-order valence-electron chi connectivity index (χ3n) is 2.26. The van der Waals surface area contributed by atoms with Gasteiger partial charge in [0.1, 0.15) is 6.07 Å². The molecule has 1 aliphatic rings. The van der Waals surface area contributed by atoms with Crippen LogP contribution in [0.1, 0.15) is 24.6 Å². The summed E-state index contributed by atoms with van der Waals surface area (Å²) in [6, 6.07) is 2.34. The fraction of sp³-hybridized carbons (Fsp3) is 0.625. The summed E-state index contributed by atoms with van der Waals surface area (Å²) in [5.74, 6) is 0. The lowest BCUT2D eigenvalue weighted by Crippen LogP contribution is -2.30. The van der Waals surface area contributed by atoms with Crippen LogP contribution in [0.3, 0.4) is 0 Å². The molecule has 0 unspecified atom stereocenters. The van der Waals surface area contributed by atoms with Crippen molar-refractivity contribution in [3.63, 3.8) is 0 Å². The van der Waals surface area contributed by atoms with E-state index in [4.69, 9.17) is 5.26 Å². The number of nitrogens with zero attached hydrogens (tertiary/aromatic N) is 4. The average Bonchev–Trinajstić information content (AvgIpc) is 2.67. The highest BCUT2D eigenvalue weighted by atomic mass is 15.5. The van der Waals surface area contributed by atoms with Crippen LogP contribution in [-0.2, 0) is 0 Å². The van der Waals surface area contributed by atoms with Gasteiger partial charge < -0.3 is 5.32 Å². The van der Waals surface area contributed by atoms with Crippen molar-refractivity contribution in [3.05, 3.63) is 11.9 Å². The predicted molar refractivity (Wildman–Crippen MR) is 45.9 cm³/mol. The quantitative estimate of drug-likeness (QED) is 0.659. The SMILES string of the molecule is N#Cc1cnn(C2CCNCC2)n1. The molecule has 0 aromatic carbocycles. The molecular formula is C8H11N5. The van der Waals surface area contributed by atoms with Crippen molar-refractivity contribution in [3.8, 4) is 6.07 Å². The maximum atomic E-state index is 8.57. The second-order valence-corrected chi connectivity index (χ2v) is 3.14. The molecule has 1 aromatic rings. The zero-order valence-corrected chi connectivity index (χ0v) is 7.27. The topological polar surface area (TPSA) is 66.5 Å². The molecule has 1 aromatic heterocycles. The molecule has 1 aliphatic heterocycles. The lowest BCUT2D eigenvalue weighted by Gasteiger charge is -2.21. The van der Waals surface area contributed by atoms with E-state index in [0.717, 1.165) is 25.9 Å². The third kappa shape index (κ3) is 1.68. The molecule has 0 spiro atoms. The molecule has 2 rings (SSSR count). The number of piperidine rings is 1. The molecule has 0 atom stereocenters. The van der Waals surface area contributed by atoms with Gasteiger partial charge in [0.2, 0.25) is 0 Å². The van der Waals surface area contributed by atoms with Crippen LogP contribution in [-0.4, -0.2) is 28.1 Å². The van der Waals surface area contributed by atoms with Gasteiger partial charge in [0.05, 0.1) is 12.2 Å². The summed E-state index contributed by atoms with van der Waals surface area (Å²) in [7, 11) is 0. The van der Waals surface area contributed by atoms with Crippen LogP contribution in [0.4, 0.5) is 0 Å². The summed E-state index contributed by atoms with van der Waals surface area (Å²) in [4.78, 5) is 1.67. The van der Waals surface area contributed by atoms with Crippen LogP contribution >= 0.6 is 0 Å². The first kappa shape index (κ1) is 8.20. The molecule has 0 radical (unpaired) electrons. The van der Waals surface area contributed by atoms with E-state index in [2.05, 4.69) is 15.5 Å². The molecule has 1 N–H and O–H groups in total. The van der Waals surface area contributed by atoms with Crippen molar-refractivity contribution in [1.29, 1.82) is 5.26 Å². The van der Waals surface area contributed by atoms with Crippen molar-refractivity contribution in [2.24, 2.45) is 0 Å². The number of hydrogen-bond donors (Lipinski definition) is 1. The molecular weight excluding hydrogens is 166 g/mol. The summed E-state index contributed by atoms with van der Waals surface area (Å²) >= 11 is 0. The largest absolute Gasteiger partial charge is 0.317 e. The summed E-state index contributed by atoms with van der Waals surface area (Å²) < 4.78 is 0. The maximum absolute atomic E-state index is 8.57. The Labute approximate surface area is 76.4 Å². The van der Waals surface area contributed by atoms with Crippen LogP contribution in [0.15, 0.2) is 6.20 Å². The van der Waals surface area contributed by atoms with E-state index >= 15 is 0 Å². The van der Waals surface area contributed by atoms with E-state index in [1.807, 2.05) is 6.07 Å². The smallest absolute Gasteiger partial charge is 0.182 e. The predicted octanol–water partition coefficient (Wildman–Crippen LogP) is 0.0743. The highest BCUT2D eigenvalue weighted by Crippen LogP contribution is 2.15. The van der Waals surface area contributed by atoms with Gasteiger partial charge in [0, 0.05) is 0 Å². The first-order valence-corrected chi connectivity index (χ1v) is 4.43. The molecule has 0 bridgehead atoms. The minimum absolute atomic E-state index is 0.364. The van der Waals surface area contributed by atoms with Gasteiger partial charge in [-0.1, -0.05) is 0 Å². The third-order valence-corrected chi connectivity index (χ3v) is 2.26. The highest BCUT2D eigenvalue weighted by molar-refractivity contribution is 5.12. The highest BCUT2D eigenvalue weighted by Gasteiger charge is 2.16. The molecule has 13 heavy (non-hydrogen) atoms. The van der Waals surface area contributed by atoms with Gasteiger partial charge in [-0.15, -0.1) is 5.10 Å². The monoisotopic (exact) mass is 177 g/mol. The molecule has 68 valence electrons. The Kier molecular flexibility index (Phi) is 2.23. The second-order valence-electron chi connectivity index (χ2n) is 3.14. The average molecular weight is 177 g/mol. The Morgan fingerprint density at radius 2 is 2.31 bits per heavy atom. The van der Waals surface area contributed by atoms with Crippen LogP contribution in [0, 0.1) is 11.3 Å².